The van der Waals surface area contributed by atoms with E-state index < -0.39 is 41.0 Å². The number of carboxylic acids is 1. The predicted octanol–water partition coefficient (Wildman–Crippen LogP) is 1.49. The summed E-state index contributed by atoms with van der Waals surface area (Å²) in [6.45, 7) is -1.28. The summed E-state index contributed by atoms with van der Waals surface area (Å²) in [6.07, 6.45) is 2.57. The molecule has 3 rings (SSSR count). The van der Waals surface area contributed by atoms with E-state index >= 15 is 0 Å². The van der Waals surface area contributed by atoms with Crippen molar-refractivity contribution in [3.8, 4) is 5.75 Å². The van der Waals surface area contributed by atoms with Gasteiger partial charge in [0, 0.05) is 34.5 Å². The van der Waals surface area contributed by atoms with E-state index in [0.29, 0.717) is 16.8 Å². The zero-order valence-electron chi connectivity index (χ0n) is 21.8. The highest BCUT2D eigenvalue weighted by atomic mass is 35.5. The number of hydrogen-bond donors (Lipinski definition) is 5. The Morgan fingerprint density at radius 2 is 1.85 bits per heavy atom. The van der Waals surface area contributed by atoms with Crippen molar-refractivity contribution in [2.75, 3.05) is 23.7 Å². The van der Waals surface area contributed by atoms with E-state index in [1.54, 1.807) is 24.3 Å². The van der Waals surface area contributed by atoms with Gasteiger partial charge in [-0.05, 0) is 36.4 Å². The molecule has 0 spiro atoms. The number of amides is 2. The van der Waals surface area contributed by atoms with E-state index in [0.717, 1.165) is 10.6 Å². The number of carboxylic acid groups (broad SMARTS) is 1. The molecular weight excluding hydrogens is 576 g/mol. The zero-order valence-corrected chi connectivity index (χ0v) is 23.3. The number of nitrogens with zero attached hydrogens (tertiary/aromatic N) is 2. The minimum absolute atomic E-state index is 0.0791. The van der Waals surface area contributed by atoms with Crippen molar-refractivity contribution in [1.82, 2.24) is 15.6 Å². The Morgan fingerprint density at radius 1 is 1.10 bits per heavy atom. The Kier molecular flexibility index (Phi) is 10.2. The molecule has 1 heterocycles. The Balaban J connectivity index is 1.80. The van der Waals surface area contributed by atoms with E-state index in [1.807, 2.05) is 0 Å². The third-order valence-electron chi connectivity index (χ3n) is 5.48. The van der Waals surface area contributed by atoms with Crippen molar-refractivity contribution in [1.29, 1.82) is 5.41 Å². The van der Waals surface area contributed by atoms with Crippen molar-refractivity contribution < 1.29 is 32.6 Å². The Hall–Kier alpha value is -4.69. The lowest BCUT2D eigenvalue weighted by atomic mass is 10.1. The lowest BCUT2D eigenvalue weighted by Crippen LogP contribution is -2.33. The first-order chi connectivity index (χ1) is 19.3. The van der Waals surface area contributed by atoms with Crippen molar-refractivity contribution in [2.45, 2.75) is 13.1 Å². The molecule has 0 aliphatic rings. The number of nitrogens with two attached hydrogens (primary N) is 1. The molecule has 6 N–H and O–H groups in total. The maximum Gasteiger partial charge on any atom is 0.322 e. The highest BCUT2D eigenvalue weighted by molar-refractivity contribution is 7.92. The van der Waals surface area contributed by atoms with Gasteiger partial charge in [-0.2, -0.15) is 0 Å². The standard InChI is InChI=1S/C26H27ClN6O7S/c1-41(38,39)33(14-20-4-2-3-7-30-20)21-9-18(8-19(27)11-21)26(37)32-12-17-6-5-16(25(28)29)10-22(17)40-15-23(34)31-13-24(35)36/h2-11H,12-15H2,1H3,(H3,28,29)(H,31,34)(H,32,37)(H,35,36). The van der Waals surface area contributed by atoms with E-state index in [1.165, 1.54) is 36.5 Å². The molecule has 2 aromatic carbocycles. The second-order valence-corrected chi connectivity index (χ2v) is 11.0. The van der Waals surface area contributed by atoms with Crippen LogP contribution < -0.4 is 25.4 Å². The number of sulfonamides is 1. The van der Waals surface area contributed by atoms with Crippen molar-refractivity contribution >= 4 is 50.9 Å². The highest BCUT2D eigenvalue weighted by Crippen LogP contribution is 2.26. The first-order valence-electron chi connectivity index (χ1n) is 11.9. The van der Waals surface area contributed by atoms with Crippen LogP contribution in [0.15, 0.2) is 60.8 Å². The normalized spacial score (nSPS) is 10.9. The fourth-order valence-corrected chi connectivity index (χ4v) is 4.62. The van der Waals surface area contributed by atoms with Gasteiger partial charge in [-0.3, -0.25) is 29.1 Å². The number of aliphatic carboxylic acids is 1. The molecule has 0 atom stereocenters. The lowest BCUT2D eigenvalue weighted by molar-refractivity contribution is -0.138. The number of anilines is 1. The number of ether oxygens (including phenoxy) is 1. The van der Waals surface area contributed by atoms with Crippen LogP contribution >= 0.6 is 11.6 Å². The number of pyridine rings is 1. The van der Waals surface area contributed by atoms with Crippen LogP contribution in [0, 0.1) is 5.41 Å². The van der Waals surface area contributed by atoms with Crippen LogP contribution in [-0.2, 0) is 32.7 Å². The third-order valence-corrected chi connectivity index (χ3v) is 6.84. The summed E-state index contributed by atoms with van der Waals surface area (Å²) in [7, 11) is -3.78. The molecule has 0 aliphatic carbocycles. The summed E-state index contributed by atoms with van der Waals surface area (Å²) in [5, 5.41) is 21.3. The molecule has 0 aliphatic heterocycles. The van der Waals surface area contributed by atoms with Crippen molar-refractivity contribution in [3.05, 3.63) is 88.2 Å². The molecule has 216 valence electrons. The van der Waals surface area contributed by atoms with Crippen LogP contribution in [0.3, 0.4) is 0 Å². The quantitative estimate of drug-likeness (QED) is 0.142. The molecule has 2 amide bonds. The van der Waals surface area contributed by atoms with Crippen LogP contribution in [0.1, 0.15) is 27.2 Å². The molecule has 0 fully saturated rings. The average molecular weight is 603 g/mol. The van der Waals surface area contributed by atoms with Gasteiger partial charge in [0.05, 0.1) is 24.2 Å². The number of nitrogens with one attached hydrogen (secondary N) is 3. The maximum absolute atomic E-state index is 13.1. The van der Waals surface area contributed by atoms with Gasteiger partial charge in [-0.1, -0.05) is 29.8 Å². The number of halogens is 1. The van der Waals surface area contributed by atoms with Gasteiger partial charge in [-0.15, -0.1) is 0 Å². The van der Waals surface area contributed by atoms with Gasteiger partial charge in [0.1, 0.15) is 18.1 Å². The monoisotopic (exact) mass is 602 g/mol. The molecule has 0 bridgehead atoms. The second kappa shape index (κ2) is 13.6. The number of nitrogen functional groups attached to an aromatic ring is 1. The highest BCUT2D eigenvalue weighted by Gasteiger charge is 2.21. The Labute approximate surface area is 240 Å². The number of carbonyl (C=O) groups excluding carboxylic acids is 2. The molecule has 0 unspecified atom stereocenters. The van der Waals surface area contributed by atoms with E-state index in [4.69, 9.17) is 32.6 Å². The smallest absolute Gasteiger partial charge is 0.322 e. The summed E-state index contributed by atoms with van der Waals surface area (Å²) in [5.74, 6) is -2.62. The predicted molar refractivity (Wildman–Crippen MR) is 151 cm³/mol. The van der Waals surface area contributed by atoms with Gasteiger partial charge in [0.25, 0.3) is 11.8 Å². The number of aromatic nitrogens is 1. The number of carbonyl (C=O) groups is 3. The van der Waals surface area contributed by atoms with Gasteiger partial charge in [0.2, 0.25) is 10.0 Å². The van der Waals surface area contributed by atoms with Gasteiger partial charge in [-0.25, -0.2) is 8.42 Å². The van der Waals surface area contributed by atoms with Crippen LogP contribution in [0.25, 0.3) is 0 Å². The Morgan fingerprint density at radius 3 is 2.49 bits per heavy atom. The number of hydrogen-bond acceptors (Lipinski definition) is 8. The summed E-state index contributed by atoms with van der Waals surface area (Å²) in [6, 6.07) is 13.8. The SMILES string of the molecule is CS(=O)(=O)N(Cc1ccccn1)c1cc(Cl)cc(C(=O)NCc2ccc(C(=N)N)cc2OCC(=O)NCC(=O)O)c1. The van der Waals surface area contributed by atoms with Crippen LogP contribution in [0.4, 0.5) is 5.69 Å². The maximum atomic E-state index is 13.1. The molecular formula is C26H27ClN6O7S. The fraction of sp³-hybridized carbons (Fsp3) is 0.192. The molecule has 0 radical (unpaired) electrons. The topological polar surface area (TPSA) is 205 Å². The average Bonchev–Trinajstić information content (AvgIpc) is 2.92. The van der Waals surface area contributed by atoms with E-state index in [2.05, 4.69) is 15.6 Å². The first-order valence-corrected chi connectivity index (χ1v) is 14.1. The lowest BCUT2D eigenvalue weighted by Gasteiger charge is -2.23. The van der Waals surface area contributed by atoms with Gasteiger partial charge < -0.3 is 26.2 Å². The fourth-order valence-electron chi connectivity index (χ4n) is 3.54. The number of amidine groups is 1. The number of benzene rings is 2. The van der Waals surface area contributed by atoms with Crippen molar-refractivity contribution in [2.24, 2.45) is 5.73 Å². The largest absolute Gasteiger partial charge is 0.483 e. The third kappa shape index (κ3) is 9.19. The van der Waals surface area contributed by atoms with Gasteiger partial charge >= 0.3 is 5.97 Å². The van der Waals surface area contributed by atoms with E-state index in [-0.39, 0.29) is 40.9 Å². The molecule has 1 aromatic heterocycles. The molecule has 0 saturated heterocycles. The van der Waals surface area contributed by atoms with Crippen molar-refractivity contribution in [3.63, 3.8) is 0 Å². The molecule has 13 nitrogen and oxygen atoms in total. The first kappa shape index (κ1) is 30.8. The number of rotatable bonds is 13. The summed E-state index contributed by atoms with van der Waals surface area (Å²) in [4.78, 5) is 39.8. The molecule has 0 saturated carbocycles. The van der Waals surface area contributed by atoms with Crippen LogP contribution in [-0.4, -0.2) is 61.5 Å². The molecule has 15 heteroatoms. The molecule has 3 aromatic rings. The van der Waals surface area contributed by atoms with E-state index in [9.17, 15) is 22.8 Å². The zero-order chi connectivity index (χ0) is 30.2. The van der Waals surface area contributed by atoms with Gasteiger partial charge in [0.15, 0.2) is 6.61 Å². The molecule has 41 heavy (non-hydrogen) atoms. The Bertz CT molecular complexity index is 1570. The summed E-state index contributed by atoms with van der Waals surface area (Å²) >= 11 is 6.25. The summed E-state index contributed by atoms with van der Waals surface area (Å²) < 4.78 is 31.8. The minimum atomic E-state index is -3.78. The van der Waals surface area contributed by atoms with Crippen LogP contribution in [0.5, 0.6) is 5.75 Å². The summed E-state index contributed by atoms with van der Waals surface area (Å²) in [5.41, 5.74) is 7.01. The second-order valence-electron chi connectivity index (χ2n) is 8.67. The minimum Gasteiger partial charge on any atom is -0.483 e. The van der Waals surface area contributed by atoms with Crippen LogP contribution in [0.2, 0.25) is 5.02 Å².